The van der Waals surface area contributed by atoms with Crippen LogP contribution in [-0.2, 0) is 4.79 Å². The average Bonchev–Trinajstić information content (AvgIpc) is 2.18. The van der Waals surface area contributed by atoms with Gasteiger partial charge in [0.05, 0.1) is 6.54 Å². The lowest BCUT2D eigenvalue weighted by Gasteiger charge is -2.14. The van der Waals surface area contributed by atoms with Gasteiger partial charge in [0.25, 0.3) is 0 Å². The van der Waals surface area contributed by atoms with E-state index in [-0.39, 0.29) is 12.5 Å². The first-order valence-electron chi connectivity index (χ1n) is 4.83. The standard InChI is InChI=1S/C11H16N2O2/c1-13(9-11(12)14)7-8-15-10-5-3-2-4-6-10/h2-6H,7-9H2,1H3,(H2,12,14). The zero-order valence-electron chi connectivity index (χ0n) is 8.85. The topological polar surface area (TPSA) is 55.6 Å². The maximum Gasteiger partial charge on any atom is 0.231 e. The van der Waals surface area contributed by atoms with Crippen molar-refractivity contribution in [2.45, 2.75) is 0 Å². The van der Waals surface area contributed by atoms with Gasteiger partial charge in [0.15, 0.2) is 0 Å². The van der Waals surface area contributed by atoms with Crippen molar-refractivity contribution in [1.29, 1.82) is 0 Å². The third-order valence-corrected chi connectivity index (χ3v) is 1.91. The highest BCUT2D eigenvalue weighted by molar-refractivity contribution is 5.75. The van der Waals surface area contributed by atoms with Crippen LogP contribution in [0.15, 0.2) is 30.3 Å². The molecule has 0 aliphatic heterocycles. The molecule has 1 rings (SSSR count). The molecule has 82 valence electrons. The van der Waals surface area contributed by atoms with Crippen LogP contribution in [0.4, 0.5) is 0 Å². The van der Waals surface area contributed by atoms with E-state index < -0.39 is 0 Å². The second kappa shape index (κ2) is 6.03. The first kappa shape index (κ1) is 11.5. The molecule has 0 saturated heterocycles. The molecule has 0 heterocycles. The van der Waals surface area contributed by atoms with Gasteiger partial charge in [-0.15, -0.1) is 0 Å². The number of carbonyl (C=O) groups is 1. The van der Waals surface area contributed by atoms with Gasteiger partial charge in [0.1, 0.15) is 12.4 Å². The number of carbonyl (C=O) groups excluding carboxylic acids is 1. The summed E-state index contributed by atoms with van der Waals surface area (Å²) in [4.78, 5) is 12.4. The maximum absolute atomic E-state index is 10.6. The third-order valence-electron chi connectivity index (χ3n) is 1.91. The zero-order chi connectivity index (χ0) is 11.1. The lowest BCUT2D eigenvalue weighted by Crippen LogP contribution is -2.33. The Hall–Kier alpha value is -1.55. The highest BCUT2D eigenvalue weighted by Gasteiger charge is 2.01. The van der Waals surface area contributed by atoms with Crippen LogP contribution in [0, 0.1) is 0 Å². The number of benzene rings is 1. The van der Waals surface area contributed by atoms with E-state index in [1.807, 2.05) is 42.3 Å². The first-order chi connectivity index (χ1) is 7.18. The Bertz CT molecular complexity index is 301. The van der Waals surface area contributed by atoms with Crippen molar-refractivity contribution in [3.8, 4) is 5.75 Å². The van der Waals surface area contributed by atoms with Gasteiger partial charge in [0, 0.05) is 6.54 Å². The van der Waals surface area contributed by atoms with E-state index in [1.54, 1.807) is 0 Å². The number of amides is 1. The Balaban J connectivity index is 2.19. The van der Waals surface area contributed by atoms with Crippen LogP contribution in [0.1, 0.15) is 0 Å². The fraction of sp³-hybridized carbons (Fsp3) is 0.364. The molecule has 2 N–H and O–H groups in total. The van der Waals surface area contributed by atoms with E-state index in [2.05, 4.69) is 0 Å². The number of likely N-dealkylation sites (N-methyl/N-ethyl adjacent to an activating group) is 1. The number of rotatable bonds is 6. The van der Waals surface area contributed by atoms with Crippen molar-refractivity contribution in [2.75, 3.05) is 26.7 Å². The second-order valence-corrected chi connectivity index (χ2v) is 3.37. The number of hydrogen-bond donors (Lipinski definition) is 1. The molecule has 0 unspecified atom stereocenters. The summed E-state index contributed by atoms with van der Waals surface area (Å²) in [6.45, 7) is 1.49. The largest absolute Gasteiger partial charge is 0.492 e. The van der Waals surface area contributed by atoms with Crippen LogP contribution < -0.4 is 10.5 Å². The Morgan fingerprint density at radius 3 is 2.67 bits per heavy atom. The summed E-state index contributed by atoms with van der Waals surface area (Å²) >= 11 is 0. The van der Waals surface area contributed by atoms with Crippen LogP contribution in [0.3, 0.4) is 0 Å². The van der Waals surface area contributed by atoms with Crippen molar-refractivity contribution >= 4 is 5.91 Å². The molecule has 1 aromatic rings. The molecule has 0 aliphatic carbocycles. The molecule has 0 aromatic heterocycles. The van der Waals surface area contributed by atoms with Gasteiger partial charge in [-0.25, -0.2) is 0 Å². The normalized spacial score (nSPS) is 10.3. The van der Waals surface area contributed by atoms with Crippen LogP contribution in [0.5, 0.6) is 5.75 Å². The second-order valence-electron chi connectivity index (χ2n) is 3.37. The van der Waals surface area contributed by atoms with E-state index >= 15 is 0 Å². The van der Waals surface area contributed by atoms with Crippen LogP contribution >= 0.6 is 0 Å². The quantitative estimate of drug-likeness (QED) is 0.740. The first-order valence-corrected chi connectivity index (χ1v) is 4.83. The summed E-state index contributed by atoms with van der Waals surface area (Å²) in [6, 6.07) is 9.57. The van der Waals surface area contributed by atoms with Crippen molar-refractivity contribution < 1.29 is 9.53 Å². The van der Waals surface area contributed by atoms with Crippen LogP contribution in [0.2, 0.25) is 0 Å². The Morgan fingerprint density at radius 2 is 2.07 bits per heavy atom. The highest BCUT2D eigenvalue weighted by atomic mass is 16.5. The fourth-order valence-electron chi connectivity index (χ4n) is 1.18. The van der Waals surface area contributed by atoms with E-state index in [0.717, 1.165) is 5.75 Å². The van der Waals surface area contributed by atoms with Gasteiger partial charge in [-0.05, 0) is 19.2 Å². The number of para-hydroxylation sites is 1. The zero-order valence-corrected chi connectivity index (χ0v) is 8.85. The summed E-state index contributed by atoms with van der Waals surface area (Å²) in [5.41, 5.74) is 5.05. The smallest absolute Gasteiger partial charge is 0.231 e. The number of ether oxygens (including phenoxy) is 1. The summed E-state index contributed by atoms with van der Waals surface area (Å²) < 4.78 is 5.46. The Morgan fingerprint density at radius 1 is 1.40 bits per heavy atom. The van der Waals surface area contributed by atoms with Gasteiger partial charge >= 0.3 is 0 Å². The lowest BCUT2D eigenvalue weighted by atomic mass is 10.3. The number of hydrogen-bond acceptors (Lipinski definition) is 3. The van der Waals surface area contributed by atoms with E-state index in [1.165, 1.54) is 0 Å². The molecule has 1 amide bonds. The van der Waals surface area contributed by atoms with E-state index in [4.69, 9.17) is 10.5 Å². The molecule has 0 saturated carbocycles. The molecule has 4 nitrogen and oxygen atoms in total. The molecule has 0 fully saturated rings. The number of nitrogens with zero attached hydrogens (tertiary/aromatic N) is 1. The molecule has 0 radical (unpaired) electrons. The predicted octanol–water partition coefficient (Wildman–Crippen LogP) is 0.483. The van der Waals surface area contributed by atoms with Crippen LogP contribution in [0.25, 0.3) is 0 Å². The number of nitrogens with two attached hydrogens (primary N) is 1. The molecule has 0 bridgehead atoms. The minimum atomic E-state index is -0.322. The molecular formula is C11H16N2O2. The van der Waals surface area contributed by atoms with Crippen LogP contribution in [-0.4, -0.2) is 37.6 Å². The Kier molecular flexibility index (Phi) is 4.63. The monoisotopic (exact) mass is 208 g/mol. The summed E-state index contributed by atoms with van der Waals surface area (Å²) in [6.07, 6.45) is 0. The van der Waals surface area contributed by atoms with E-state index in [0.29, 0.717) is 13.2 Å². The van der Waals surface area contributed by atoms with E-state index in [9.17, 15) is 4.79 Å². The molecule has 0 aliphatic rings. The van der Waals surface area contributed by atoms with Crippen molar-refractivity contribution in [3.05, 3.63) is 30.3 Å². The highest BCUT2D eigenvalue weighted by Crippen LogP contribution is 2.07. The van der Waals surface area contributed by atoms with Crippen molar-refractivity contribution in [3.63, 3.8) is 0 Å². The minimum absolute atomic E-state index is 0.262. The molecular weight excluding hydrogens is 192 g/mol. The summed E-state index contributed by atoms with van der Waals surface area (Å²) in [5, 5.41) is 0. The molecule has 4 heteroatoms. The van der Waals surface area contributed by atoms with Gasteiger partial charge in [0.2, 0.25) is 5.91 Å². The van der Waals surface area contributed by atoms with Gasteiger partial charge in [-0.3, -0.25) is 9.69 Å². The molecule has 0 atom stereocenters. The number of primary amides is 1. The SMILES string of the molecule is CN(CCOc1ccccc1)CC(N)=O. The minimum Gasteiger partial charge on any atom is -0.492 e. The third kappa shape index (κ3) is 5.02. The molecule has 1 aromatic carbocycles. The van der Waals surface area contributed by atoms with Gasteiger partial charge < -0.3 is 10.5 Å². The molecule has 15 heavy (non-hydrogen) atoms. The van der Waals surface area contributed by atoms with Crippen molar-refractivity contribution in [1.82, 2.24) is 4.90 Å². The summed E-state index contributed by atoms with van der Waals surface area (Å²) in [5.74, 6) is 0.516. The lowest BCUT2D eigenvalue weighted by molar-refractivity contribution is -0.118. The summed E-state index contributed by atoms with van der Waals surface area (Å²) in [7, 11) is 1.83. The predicted molar refractivity (Wildman–Crippen MR) is 58.6 cm³/mol. The van der Waals surface area contributed by atoms with Gasteiger partial charge in [-0.1, -0.05) is 18.2 Å². The van der Waals surface area contributed by atoms with Gasteiger partial charge in [-0.2, -0.15) is 0 Å². The average molecular weight is 208 g/mol. The van der Waals surface area contributed by atoms with Crippen molar-refractivity contribution in [2.24, 2.45) is 5.73 Å². The fourth-order valence-corrected chi connectivity index (χ4v) is 1.18. The Labute approximate surface area is 89.6 Å². The maximum atomic E-state index is 10.6. The molecule has 0 spiro atoms.